The molecule has 3 aromatic rings. The van der Waals surface area contributed by atoms with Crippen LogP contribution in [0.15, 0.2) is 54.7 Å². The fourth-order valence-corrected chi connectivity index (χ4v) is 2.95. The second kappa shape index (κ2) is 8.86. The Balaban J connectivity index is 1.79. The second-order valence-electron chi connectivity index (χ2n) is 5.96. The summed E-state index contributed by atoms with van der Waals surface area (Å²) in [6.07, 6.45) is 1.92. The fraction of sp³-hybridized carbons (Fsp3) is 0.111. The number of hydrogen-bond acceptors (Lipinski definition) is 7. The molecule has 0 amide bonds. The third-order valence-electron chi connectivity index (χ3n) is 3.56. The van der Waals surface area contributed by atoms with Crippen molar-refractivity contribution >= 4 is 38.9 Å². The second-order valence-corrected chi connectivity index (χ2v) is 7.71. The maximum Gasteiger partial charge on any atom is 0.387 e. The summed E-state index contributed by atoms with van der Waals surface area (Å²) < 4.78 is 68.2. The predicted molar refractivity (Wildman–Crippen MR) is 107 cm³/mol. The number of ether oxygens (including phenoxy) is 1. The van der Waals surface area contributed by atoms with Crippen LogP contribution in [-0.2, 0) is 10.0 Å². The maximum atomic E-state index is 14.2. The molecule has 1 aromatic heterocycles. The van der Waals surface area contributed by atoms with Crippen molar-refractivity contribution in [1.29, 1.82) is 0 Å². The quantitative estimate of drug-likeness (QED) is 0.486. The van der Waals surface area contributed by atoms with Crippen LogP contribution in [0, 0.1) is 5.82 Å². The van der Waals surface area contributed by atoms with E-state index in [0.717, 1.165) is 12.5 Å². The Labute approximate surface area is 170 Å². The predicted octanol–water partition coefficient (Wildman–Crippen LogP) is 4.08. The van der Waals surface area contributed by atoms with Crippen LogP contribution in [0.5, 0.6) is 5.75 Å². The molecule has 0 spiro atoms. The van der Waals surface area contributed by atoms with Gasteiger partial charge in [-0.3, -0.25) is 4.72 Å². The lowest BCUT2D eigenvalue weighted by Gasteiger charge is -2.13. The zero-order chi connectivity index (χ0) is 21.7. The fourth-order valence-electron chi connectivity index (χ4n) is 2.37. The van der Waals surface area contributed by atoms with Gasteiger partial charge in [0.05, 0.1) is 23.8 Å². The van der Waals surface area contributed by atoms with E-state index in [-0.39, 0.29) is 28.9 Å². The zero-order valence-corrected chi connectivity index (χ0v) is 16.3. The Kier molecular flexibility index (Phi) is 6.26. The Hall–Kier alpha value is -3.54. The maximum absolute atomic E-state index is 14.2. The van der Waals surface area contributed by atoms with Gasteiger partial charge in [0.1, 0.15) is 5.75 Å². The van der Waals surface area contributed by atoms with Gasteiger partial charge >= 0.3 is 6.61 Å². The molecule has 0 aliphatic carbocycles. The summed E-state index contributed by atoms with van der Waals surface area (Å²) >= 11 is 0. The van der Waals surface area contributed by atoms with Crippen LogP contribution in [-0.4, -0.2) is 31.3 Å². The molecule has 0 saturated carbocycles. The van der Waals surface area contributed by atoms with Crippen LogP contribution >= 0.6 is 0 Å². The SMILES string of the molecule is CS(=O)(=O)Nc1ccccc1Nc1nc(Nc2ccc(OC(F)F)cc2)ncc1F. The van der Waals surface area contributed by atoms with E-state index in [0.29, 0.717) is 5.69 Å². The molecule has 3 N–H and O–H groups in total. The van der Waals surface area contributed by atoms with Gasteiger partial charge in [0.15, 0.2) is 11.6 Å². The van der Waals surface area contributed by atoms with Gasteiger partial charge in [0.2, 0.25) is 16.0 Å². The van der Waals surface area contributed by atoms with Crippen LogP contribution < -0.4 is 20.1 Å². The van der Waals surface area contributed by atoms with Gasteiger partial charge in [-0.1, -0.05) is 12.1 Å². The lowest BCUT2D eigenvalue weighted by molar-refractivity contribution is -0.0498. The van der Waals surface area contributed by atoms with Crippen molar-refractivity contribution in [2.45, 2.75) is 6.61 Å². The largest absolute Gasteiger partial charge is 0.435 e. The van der Waals surface area contributed by atoms with E-state index in [1.165, 1.54) is 30.3 Å². The van der Waals surface area contributed by atoms with Crippen molar-refractivity contribution in [1.82, 2.24) is 9.97 Å². The first-order valence-electron chi connectivity index (χ1n) is 8.38. The highest BCUT2D eigenvalue weighted by atomic mass is 32.2. The lowest BCUT2D eigenvalue weighted by Crippen LogP contribution is -2.11. The molecule has 0 radical (unpaired) electrons. The molecular formula is C18H16F3N5O3S. The van der Waals surface area contributed by atoms with Crippen molar-refractivity contribution < 1.29 is 26.3 Å². The highest BCUT2D eigenvalue weighted by Crippen LogP contribution is 2.27. The van der Waals surface area contributed by atoms with Crippen LogP contribution in [0.2, 0.25) is 0 Å². The van der Waals surface area contributed by atoms with Crippen molar-refractivity contribution in [3.8, 4) is 5.75 Å². The normalized spacial score (nSPS) is 11.2. The highest BCUT2D eigenvalue weighted by molar-refractivity contribution is 7.92. The van der Waals surface area contributed by atoms with Crippen molar-refractivity contribution in [3.63, 3.8) is 0 Å². The van der Waals surface area contributed by atoms with Crippen molar-refractivity contribution in [2.75, 3.05) is 21.6 Å². The van der Waals surface area contributed by atoms with Gasteiger partial charge in [-0.25, -0.2) is 17.8 Å². The molecule has 0 aliphatic heterocycles. The van der Waals surface area contributed by atoms with Gasteiger partial charge in [0, 0.05) is 5.69 Å². The first-order valence-corrected chi connectivity index (χ1v) is 10.3. The molecule has 0 saturated heterocycles. The van der Waals surface area contributed by atoms with E-state index in [9.17, 15) is 21.6 Å². The van der Waals surface area contributed by atoms with E-state index < -0.39 is 22.5 Å². The summed E-state index contributed by atoms with van der Waals surface area (Å²) in [5, 5.41) is 5.53. The van der Waals surface area contributed by atoms with E-state index in [1.54, 1.807) is 18.2 Å². The Morgan fingerprint density at radius 2 is 1.67 bits per heavy atom. The van der Waals surface area contributed by atoms with E-state index in [1.807, 2.05) is 0 Å². The van der Waals surface area contributed by atoms with Crippen molar-refractivity contribution in [3.05, 3.63) is 60.5 Å². The molecule has 0 bridgehead atoms. The zero-order valence-electron chi connectivity index (χ0n) is 15.4. The number of nitrogens with one attached hydrogen (secondary N) is 3. The number of hydrogen-bond donors (Lipinski definition) is 3. The van der Waals surface area contributed by atoms with Gasteiger partial charge in [-0.15, -0.1) is 0 Å². The number of halogens is 3. The molecule has 0 aliphatic rings. The Morgan fingerprint density at radius 1 is 1.00 bits per heavy atom. The molecular weight excluding hydrogens is 423 g/mol. The average molecular weight is 439 g/mol. The molecule has 8 nitrogen and oxygen atoms in total. The molecule has 3 rings (SSSR count). The first-order chi connectivity index (χ1) is 14.2. The number of para-hydroxylation sites is 2. The number of anilines is 5. The van der Waals surface area contributed by atoms with Gasteiger partial charge in [-0.2, -0.15) is 13.8 Å². The number of rotatable bonds is 8. The first kappa shape index (κ1) is 21.2. The number of aromatic nitrogens is 2. The van der Waals surface area contributed by atoms with E-state index >= 15 is 0 Å². The number of nitrogens with zero attached hydrogens (tertiary/aromatic N) is 2. The van der Waals surface area contributed by atoms with Crippen LogP contribution in [0.3, 0.4) is 0 Å². The summed E-state index contributed by atoms with van der Waals surface area (Å²) in [5.74, 6) is -0.966. The monoisotopic (exact) mass is 439 g/mol. The van der Waals surface area contributed by atoms with E-state index in [4.69, 9.17) is 0 Å². The minimum atomic E-state index is -3.55. The van der Waals surface area contributed by atoms with Gasteiger partial charge in [0.25, 0.3) is 0 Å². The summed E-state index contributed by atoms with van der Waals surface area (Å²) in [6, 6.07) is 11.9. The highest BCUT2D eigenvalue weighted by Gasteiger charge is 2.12. The lowest BCUT2D eigenvalue weighted by atomic mass is 10.2. The minimum Gasteiger partial charge on any atom is -0.435 e. The van der Waals surface area contributed by atoms with Gasteiger partial charge < -0.3 is 15.4 Å². The topological polar surface area (TPSA) is 105 Å². The molecule has 30 heavy (non-hydrogen) atoms. The third-order valence-corrected chi connectivity index (χ3v) is 4.15. The smallest absolute Gasteiger partial charge is 0.387 e. The van der Waals surface area contributed by atoms with Crippen molar-refractivity contribution in [2.24, 2.45) is 0 Å². The van der Waals surface area contributed by atoms with Crippen LogP contribution in [0.1, 0.15) is 0 Å². The summed E-state index contributed by atoms with van der Waals surface area (Å²) in [7, 11) is -3.55. The number of benzene rings is 2. The molecule has 1 heterocycles. The van der Waals surface area contributed by atoms with E-state index in [2.05, 4.69) is 30.1 Å². The van der Waals surface area contributed by atoms with Crippen LogP contribution in [0.25, 0.3) is 0 Å². The summed E-state index contributed by atoms with van der Waals surface area (Å²) in [4.78, 5) is 7.86. The molecule has 0 fully saturated rings. The average Bonchev–Trinajstić information content (AvgIpc) is 2.66. The Morgan fingerprint density at radius 3 is 2.30 bits per heavy atom. The minimum absolute atomic E-state index is 0.0205. The molecule has 12 heteroatoms. The summed E-state index contributed by atoms with van der Waals surface area (Å²) in [6.45, 7) is -2.93. The Bertz CT molecular complexity index is 1130. The van der Waals surface area contributed by atoms with Crippen LogP contribution in [0.4, 0.5) is 42.0 Å². The summed E-state index contributed by atoms with van der Waals surface area (Å²) in [5.41, 5.74) is 0.940. The third kappa shape index (κ3) is 5.98. The molecule has 2 aromatic carbocycles. The molecule has 0 atom stereocenters. The number of sulfonamides is 1. The molecule has 0 unspecified atom stereocenters. The molecule has 158 valence electrons. The number of alkyl halides is 2. The van der Waals surface area contributed by atoms with Gasteiger partial charge in [-0.05, 0) is 36.4 Å². The standard InChI is InChI=1S/C18H16F3N5O3S/c1-30(27,28)26-15-5-3-2-4-14(15)24-16-13(19)10-22-18(25-16)23-11-6-8-12(9-7-11)29-17(20)21/h2-10,17,26H,1H3,(H2,22,23,24,25).